The number of benzene rings is 3. The second-order valence-electron chi connectivity index (χ2n) is 7.88. The number of imidazole rings is 1. The van der Waals surface area contributed by atoms with E-state index in [-0.39, 0.29) is 6.04 Å². The second kappa shape index (κ2) is 8.00. The van der Waals surface area contributed by atoms with Crippen LogP contribution in [0.25, 0.3) is 27.9 Å². The first-order valence-electron chi connectivity index (χ1n) is 10.4. The molecule has 0 bridgehead atoms. The molecule has 5 N–H and O–H groups in total. The lowest BCUT2D eigenvalue weighted by molar-refractivity contribution is 0.683. The summed E-state index contributed by atoms with van der Waals surface area (Å²) in [6.07, 6.45) is 2.66. The van der Waals surface area contributed by atoms with Gasteiger partial charge in [-0.05, 0) is 60.9 Å². The molecule has 0 amide bonds. The van der Waals surface area contributed by atoms with Crippen molar-refractivity contribution >= 4 is 34.0 Å². The third kappa shape index (κ3) is 3.73. The maximum Gasteiger partial charge on any atom is 0.0960 e. The number of aromatic nitrogens is 2. The smallest absolute Gasteiger partial charge is 0.0960 e. The number of fused-ring (bicyclic) bond motifs is 2. The highest BCUT2D eigenvalue weighted by molar-refractivity contribution is 6.30. The molecule has 0 saturated carbocycles. The Morgan fingerprint density at radius 2 is 1.94 bits per heavy atom. The van der Waals surface area contributed by atoms with Gasteiger partial charge in [-0.3, -0.25) is 0 Å². The van der Waals surface area contributed by atoms with Crippen molar-refractivity contribution in [3.05, 3.63) is 88.8 Å². The van der Waals surface area contributed by atoms with Crippen molar-refractivity contribution in [1.29, 1.82) is 0 Å². The van der Waals surface area contributed by atoms with Crippen molar-refractivity contribution in [2.45, 2.75) is 19.4 Å². The van der Waals surface area contributed by atoms with E-state index in [1.807, 2.05) is 37.3 Å². The van der Waals surface area contributed by atoms with Crippen LogP contribution in [0, 0.1) is 0 Å². The minimum Gasteiger partial charge on any atom is -0.401 e. The Morgan fingerprint density at radius 3 is 2.74 bits per heavy atom. The minimum absolute atomic E-state index is 0.124. The summed E-state index contributed by atoms with van der Waals surface area (Å²) in [4.78, 5) is 7.74. The van der Waals surface area contributed by atoms with Gasteiger partial charge in [0.1, 0.15) is 0 Å². The van der Waals surface area contributed by atoms with Crippen LogP contribution in [-0.4, -0.2) is 16.5 Å². The van der Waals surface area contributed by atoms with Gasteiger partial charge in [-0.2, -0.15) is 0 Å². The van der Waals surface area contributed by atoms with Crippen molar-refractivity contribution in [3.63, 3.8) is 0 Å². The van der Waals surface area contributed by atoms with Gasteiger partial charge in [-0.25, -0.2) is 4.98 Å². The van der Waals surface area contributed by atoms with Crippen LogP contribution in [0.2, 0.25) is 5.02 Å². The highest BCUT2D eigenvalue weighted by Gasteiger charge is 2.23. The molecule has 0 spiro atoms. The van der Waals surface area contributed by atoms with Gasteiger partial charge in [-0.1, -0.05) is 35.9 Å². The first-order chi connectivity index (χ1) is 15.1. The summed E-state index contributed by atoms with van der Waals surface area (Å²) in [5.74, 6) is 0. The molecule has 1 aliphatic rings. The van der Waals surface area contributed by atoms with Crippen LogP contribution in [0.4, 0.5) is 5.69 Å². The number of allylic oxidation sites excluding steroid dienone is 1. The zero-order valence-electron chi connectivity index (χ0n) is 17.2. The molecule has 1 atom stereocenters. The number of hydrogen-bond donors (Lipinski definition) is 4. The second-order valence-corrected chi connectivity index (χ2v) is 8.32. The molecule has 5 rings (SSSR count). The van der Waals surface area contributed by atoms with E-state index in [0.29, 0.717) is 0 Å². The molecule has 156 valence electrons. The number of hydrogen-bond acceptors (Lipinski definition) is 4. The first-order valence-corrected chi connectivity index (χ1v) is 10.8. The molecule has 2 heterocycles. The summed E-state index contributed by atoms with van der Waals surface area (Å²) in [5.41, 5.74) is 15.7. The summed E-state index contributed by atoms with van der Waals surface area (Å²) < 4.78 is 0. The Balaban J connectivity index is 1.64. The van der Waals surface area contributed by atoms with E-state index in [1.165, 1.54) is 5.56 Å². The van der Waals surface area contributed by atoms with Crippen molar-refractivity contribution < 1.29 is 0 Å². The Kier molecular flexibility index (Phi) is 5.04. The Morgan fingerprint density at radius 1 is 1.10 bits per heavy atom. The minimum atomic E-state index is 0.124. The monoisotopic (exact) mass is 429 g/mol. The van der Waals surface area contributed by atoms with Crippen molar-refractivity contribution in [3.8, 4) is 11.1 Å². The number of halogens is 1. The number of aromatic amines is 1. The molecule has 0 fully saturated rings. The van der Waals surface area contributed by atoms with E-state index >= 15 is 0 Å². The van der Waals surface area contributed by atoms with Crippen LogP contribution in [0.15, 0.2) is 72.7 Å². The van der Waals surface area contributed by atoms with Crippen LogP contribution in [-0.2, 0) is 0 Å². The average molecular weight is 430 g/mol. The molecule has 5 nitrogen and oxygen atoms in total. The van der Waals surface area contributed by atoms with Crippen molar-refractivity contribution in [2.24, 2.45) is 5.73 Å². The van der Waals surface area contributed by atoms with E-state index in [2.05, 4.69) is 50.9 Å². The van der Waals surface area contributed by atoms with Crippen LogP contribution < -0.4 is 16.4 Å². The van der Waals surface area contributed by atoms with Crippen LogP contribution in [0.5, 0.6) is 0 Å². The molecule has 0 saturated heterocycles. The van der Waals surface area contributed by atoms with E-state index in [4.69, 9.17) is 17.3 Å². The number of H-pyrrole nitrogens is 1. The van der Waals surface area contributed by atoms with Crippen LogP contribution in [0.3, 0.4) is 0 Å². The van der Waals surface area contributed by atoms with Crippen molar-refractivity contribution in [1.82, 2.24) is 15.3 Å². The fourth-order valence-electron chi connectivity index (χ4n) is 4.29. The van der Waals surface area contributed by atoms with Gasteiger partial charge in [0.2, 0.25) is 0 Å². The SMILES string of the molecule is C/C(N)=C1/NCCC(Nc2ccc(Cl)cc2)c2cc(-c3cccc4[nH]cnc34)ccc21. The number of nitrogens with two attached hydrogens (primary N) is 1. The maximum atomic E-state index is 6.24. The molecular weight excluding hydrogens is 406 g/mol. The highest BCUT2D eigenvalue weighted by atomic mass is 35.5. The normalized spacial score (nSPS) is 17.5. The standard InChI is InChI=1S/C25H24ClN5/c1-15(27)24-20-10-5-16(19-3-2-4-23-25(19)30-14-29-23)13-21(20)22(11-12-28-24)31-18-8-6-17(26)7-9-18/h2-10,13-14,22,28,31H,11-12,27H2,1H3,(H,29,30)/b24-15-. The molecular formula is C25H24ClN5. The summed E-state index contributed by atoms with van der Waals surface area (Å²) in [5, 5.41) is 7.94. The van der Waals surface area contributed by atoms with E-state index in [9.17, 15) is 0 Å². The number of nitrogens with zero attached hydrogens (tertiary/aromatic N) is 1. The summed E-state index contributed by atoms with van der Waals surface area (Å²) in [6.45, 7) is 2.77. The first kappa shape index (κ1) is 19.5. The number of nitrogens with one attached hydrogen (secondary N) is 3. The topological polar surface area (TPSA) is 78.8 Å². The molecule has 0 radical (unpaired) electrons. The molecule has 1 aliphatic heterocycles. The molecule has 4 aromatic rings. The third-order valence-electron chi connectivity index (χ3n) is 5.77. The summed E-state index contributed by atoms with van der Waals surface area (Å²) in [7, 11) is 0. The zero-order chi connectivity index (χ0) is 21.4. The molecule has 1 aromatic heterocycles. The summed E-state index contributed by atoms with van der Waals surface area (Å²) in [6, 6.07) is 20.8. The lowest BCUT2D eigenvalue weighted by Gasteiger charge is -2.21. The zero-order valence-corrected chi connectivity index (χ0v) is 18.0. The fraction of sp³-hybridized carbons (Fsp3) is 0.160. The molecule has 0 aliphatic carbocycles. The predicted molar refractivity (Wildman–Crippen MR) is 129 cm³/mol. The predicted octanol–water partition coefficient (Wildman–Crippen LogP) is 5.68. The van der Waals surface area contributed by atoms with E-state index in [0.717, 1.165) is 62.8 Å². The van der Waals surface area contributed by atoms with Crippen molar-refractivity contribution in [2.75, 3.05) is 11.9 Å². The lowest BCUT2D eigenvalue weighted by Crippen LogP contribution is -2.16. The largest absolute Gasteiger partial charge is 0.401 e. The molecule has 1 unspecified atom stereocenters. The molecule has 6 heteroatoms. The van der Waals surface area contributed by atoms with E-state index in [1.54, 1.807) is 6.33 Å². The van der Waals surface area contributed by atoms with Gasteiger partial charge in [0.25, 0.3) is 0 Å². The molecule has 3 aromatic carbocycles. The lowest BCUT2D eigenvalue weighted by atomic mass is 9.92. The van der Waals surface area contributed by atoms with Gasteiger partial charge in [-0.15, -0.1) is 0 Å². The van der Waals surface area contributed by atoms with Gasteiger partial charge >= 0.3 is 0 Å². The van der Waals surface area contributed by atoms with Gasteiger partial charge < -0.3 is 21.4 Å². The maximum absolute atomic E-state index is 6.24. The number of anilines is 1. The number of para-hydroxylation sites is 1. The van der Waals surface area contributed by atoms with Gasteiger partial charge in [0, 0.05) is 34.1 Å². The van der Waals surface area contributed by atoms with Gasteiger partial charge in [0.05, 0.1) is 29.1 Å². The summed E-state index contributed by atoms with van der Waals surface area (Å²) >= 11 is 6.08. The number of rotatable bonds is 3. The highest BCUT2D eigenvalue weighted by Crippen LogP contribution is 2.36. The Labute approximate surface area is 186 Å². The fourth-order valence-corrected chi connectivity index (χ4v) is 4.41. The Bertz CT molecular complexity index is 1270. The average Bonchev–Trinajstić information content (AvgIpc) is 3.18. The van der Waals surface area contributed by atoms with E-state index < -0.39 is 0 Å². The third-order valence-corrected chi connectivity index (χ3v) is 6.02. The Hall–Kier alpha value is -3.44. The van der Waals surface area contributed by atoms with Crippen LogP contribution >= 0.6 is 11.6 Å². The van der Waals surface area contributed by atoms with Crippen LogP contribution in [0.1, 0.15) is 30.5 Å². The quantitative estimate of drug-likeness (QED) is 0.338. The molecule has 31 heavy (non-hydrogen) atoms. The van der Waals surface area contributed by atoms with Gasteiger partial charge in [0.15, 0.2) is 0 Å².